The number of anilines is 1. The van der Waals surface area contributed by atoms with Gasteiger partial charge in [0, 0.05) is 11.3 Å². The van der Waals surface area contributed by atoms with E-state index in [4.69, 9.17) is 5.73 Å². The minimum atomic E-state index is 0.806. The highest BCUT2D eigenvalue weighted by Crippen LogP contribution is 2.26. The number of rotatable bonds is 1. The van der Waals surface area contributed by atoms with Crippen LogP contribution in [0.3, 0.4) is 0 Å². The molecule has 0 bridgehead atoms. The number of benzene rings is 2. The molecule has 3 nitrogen and oxygen atoms in total. The molecule has 0 atom stereocenters. The number of hydrogen-bond donors (Lipinski definition) is 2. The maximum absolute atomic E-state index is 5.84. The Bertz CT molecular complexity index is 933. The second-order valence-corrected chi connectivity index (χ2v) is 6.07. The SMILES string of the molecule is Cc1cccc(-c2c[n+]3c([nH]2)sc2cc(N)ccc23)c1. The lowest BCUT2D eigenvalue weighted by Gasteiger charge is -1.95. The van der Waals surface area contributed by atoms with Crippen LogP contribution in [0.15, 0.2) is 48.7 Å². The molecule has 0 saturated carbocycles. The predicted octanol–water partition coefficient (Wildman–Crippen LogP) is 3.53. The molecule has 0 fully saturated rings. The van der Waals surface area contributed by atoms with Gasteiger partial charge in [-0.15, -0.1) is 0 Å². The zero-order valence-electron chi connectivity index (χ0n) is 11.1. The average molecular weight is 280 g/mol. The first-order valence-electron chi connectivity index (χ1n) is 6.50. The lowest BCUT2D eigenvalue weighted by molar-refractivity contribution is -0.475. The lowest BCUT2D eigenvalue weighted by atomic mass is 10.1. The molecular weight excluding hydrogens is 266 g/mol. The molecule has 0 saturated heterocycles. The van der Waals surface area contributed by atoms with E-state index in [9.17, 15) is 0 Å². The van der Waals surface area contributed by atoms with Crippen molar-refractivity contribution in [3.63, 3.8) is 0 Å². The van der Waals surface area contributed by atoms with E-state index in [1.54, 1.807) is 11.3 Å². The number of hydrogen-bond acceptors (Lipinski definition) is 2. The van der Waals surface area contributed by atoms with Crippen LogP contribution in [0, 0.1) is 6.92 Å². The third-order valence-corrected chi connectivity index (χ3v) is 4.54. The number of thiazole rings is 1. The minimum Gasteiger partial charge on any atom is -0.399 e. The highest BCUT2D eigenvalue weighted by molar-refractivity contribution is 7.22. The van der Waals surface area contributed by atoms with Gasteiger partial charge in [-0.05, 0) is 42.5 Å². The zero-order chi connectivity index (χ0) is 13.7. The molecule has 98 valence electrons. The summed E-state index contributed by atoms with van der Waals surface area (Å²) in [6, 6.07) is 14.6. The molecule has 2 aromatic heterocycles. The third kappa shape index (κ3) is 1.69. The van der Waals surface area contributed by atoms with Crippen LogP contribution in [0.5, 0.6) is 0 Å². The molecule has 0 spiro atoms. The molecule has 20 heavy (non-hydrogen) atoms. The van der Waals surface area contributed by atoms with E-state index in [0.29, 0.717) is 0 Å². The standard InChI is InChI=1S/C16H13N3S/c1-10-3-2-4-11(7-10)13-9-19-14-6-5-12(17)8-15(14)20-16(19)18-13/h2-9H,17H2,1H3/p+1. The van der Waals surface area contributed by atoms with E-state index in [0.717, 1.165) is 16.3 Å². The quantitative estimate of drug-likeness (QED) is 0.406. The second-order valence-electron chi connectivity index (χ2n) is 5.04. The summed E-state index contributed by atoms with van der Waals surface area (Å²) in [6.45, 7) is 2.11. The Morgan fingerprint density at radius 2 is 2.05 bits per heavy atom. The van der Waals surface area contributed by atoms with Gasteiger partial charge in [-0.25, -0.2) is 4.98 Å². The van der Waals surface area contributed by atoms with E-state index < -0.39 is 0 Å². The Morgan fingerprint density at radius 3 is 2.90 bits per heavy atom. The molecular formula is C16H14N3S+. The maximum Gasteiger partial charge on any atom is 0.345 e. The van der Waals surface area contributed by atoms with Crippen LogP contribution in [0.4, 0.5) is 5.69 Å². The molecule has 0 amide bonds. The van der Waals surface area contributed by atoms with Crippen molar-refractivity contribution in [1.82, 2.24) is 4.98 Å². The number of nitrogen functional groups attached to an aromatic ring is 1. The Labute approximate surface area is 120 Å². The van der Waals surface area contributed by atoms with Gasteiger partial charge in [0.2, 0.25) is 0 Å². The van der Waals surface area contributed by atoms with E-state index in [1.165, 1.54) is 21.3 Å². The molecule has 0 unspecified atom stereocenters. The number of nitrogens with two attached hydrogens (primary N) is 1. The normalized spacial score (nSPS) is 11.4. The summed E-state index contributed by atoms with van der Waals surface area (Å²) in [6.07, 6.45) is 2.15. The van der Waals surface area contributed by atoms with Gasteiger partial charge >= 0.3 is 4.96 Å². The van der Waals surface area contributed by atoms with Gasteiger partial charge in [0.15, 0.2) is 11.2 Å². The Hall–Kier alpha value is -2.33. The molecule has 4 aromatic rings. The van der Waals surface area contributed by atoms with Crippen LogP contribution < -0.4 is 10.1 Å². The van der Waals surface area contributed by atoms with Crippen molar-refractivity contribution in [1.29, 1.82) is 0 Å². The van der Waals surface area contributed by atoms with Crippen LogP contribution in [0.25, 0.3) is 26.4 Å². The third-order valence-electron chi connectivity index (χ3n) is 3.50. The maximum atomic E-state index is 5.84. The highest BCUT2D eigenvalue weighted by Gasteiger charge is 2.17. The van der Waals surface area contributed by atoms with Crippen molar-refractivity contribution in [3.8, 4) is 11.3 Å². The van der Waals surface area contributed by atoms with E-state index >= 15 is 0 Å². The van der Waals surface area contributed by atoms with Crippen molar-refractivity contribution < 1.29 is 4.40 Å². The Balaban J connectivity index is 1.95. The van der Waals surface area contributed by atoms with E-state index in [2.05, 4.69) is 52.8 Å². The molecule has 0 aliphatic heterocycles. The number of imidazole rings is 1. The number of nitrogens with zero attached hydrogens (tertiary/aromatic N) is 1. The van der Waals surface area contributed by atoms with Crippen LogP contribution in [-0.4, -0.2) is 4.98 Å². The Kier molecular flexibility index (Phi) is 2.35. The summed E-state index contributed by atoms with van der Waals surface area (Å²) in [5, 5.41) is 0. The second kappa shape index (κ2) is 4.08. The molecule has 4 rings (SSSR count). The van der Waals surface area contributed by atoms with Crippen LogP contribution in [0.1, 0.15) is 5.56 Å². The number of aromatic amines is 1. The van der Waals surface area contributed by atoms with E-state index in [1.807, 2.05) is 12.1 Å². The van der Waals surface area contributed by atoms with Crippen LogP contribution >= 0.6 is 11.3 Å². The summed E-state index contributed by atoms with van der Waals surface area (Å²) in [7, 11) is 0. The Morgan fingerprint density at radius 1 is 1.15 bits per heavy atom. The smallest absolute Gasteiger partial charge is 0.345 e. The van der Waals surface area contributed by atoms with Gasteiger partial charge in [0.25, 0.3) is 0 Å². The molecule has 0 radical (unpaired) electrons. The summed E-state index contributed by atoms with van der Waals surface area (Å²) in [4.78, 5) is 4.62. The minimum absolute atomic E-state index is 0.806. The largest absolute Gasteiger partial charge is 0.399 e. The number of nitrogens with one attached hydrogen (secondary N) is 1. The fourth-order valence-corrected chi connectivity index (χ4v) is 3.61. The highest BCUT2D eigenvalue weighted by atomic mass is 32.1. The molecule has 4 heteroatoms. The van der Waals surface area contributed by atoms with Gasteiger partial charge in [-0.3, -0.25) is 0 Å². The molecule has 3 N–H and O–H groups in total. The number of aryl methyl sites for hydroxylation is 1. The lowest BCUT2D eigenvalue weighted by Crippen LogP contribution is -2.14. The first-order valence-corrected chi connectivity index (χ1v) is 7.32. The zero-order valence-corrected chi connectivity index (χ0v) is 11.9. The van der Waals surface area contributed by atoms with E-state index in [-0.39, 0.29) is 0 Å². The fourth-order valence-electron chi connectivity index (χ4n) is 2.52. The van der Waals surface area contributed by atoms with Crippen molar-refractivity contribution in [2.24, 2.45) is 0 Å². The van der Waals surface area contributed by atoms with Crippen molar-refractivity contribution in [2.75, 3.05) is 5.73 Å². The average Bonchev–Trinajstić information content (AvgIpc) is 2.95. The van der Waals surface area contributed by atoms with Crippen molar-refractivity contribution >= 4 is 32.2 Å². The summed E-state index contributed by atoms with van der Waals surface area (Å²) >= 11 is 1.72. The fraction of sp³-hybridized carbons (Fsp3) is 0.0625. The topological polar surface area (TPSA) is 45.9 Å². The molecule has 2 heterocycles. The first kappa shape index (κ1) is 11.5. The monoisotopic (exact) mass is 280 g/mol. The first-order chi connectivity index (χ1) is 9.70. The van der Waals surface area contributed by atoms with Gasteiger partial charge in [0.05, 0.1) is 4.70 Å². The van der Waals surface area contributed by atoms with Gasteiger partial charge in [-0.1, -0.05) is 23.8 Å². The molecule has 0 aliphatic rings. The van der Waals surface area contributed by atoms with Gasteiger partial charge < -0.3 is 5.73 Å². The molecule has 0 aliphatic carbocycles. The number of H-pyrrole nitrogens is 1. The van der Waals surface area contributed by atoms with Gasteiger partial charge in [-0.2, -0.15) is 4.40 Å². The number of aromatic nitrogens is 2. The molecule has 2 aromatic carbocycles. The van der Waals surface area contributed by atoms with Gasteiger partial charge in [0.1, 0.15) is 6.20 Å². The van der Waals surface area contributed by atoms with Crippen LogP contribution in [-0.2, 0) is 0 Å². The van der Waals surface area contributed by atoms with Crippen LogP contribution in [0.2, 0.25) is 0 Å². The summed E-state index contributed by atoms with van der Waals surface area (Å²) < 4.78 is 3.39. The van der Waals surface area contributed by atoms with Crippen molar-refractivity contribution in [3.05, 3.63) is 54.2 Å². The predicted molar refractivity (Wildman–Crippen MR) is 83.9 cm³/mol. The summed E-state index contributed by atoms with van der Waals surface area (Å²) in [5.74, 6) is 0. The van der Waals surface area contributed by atoms with Crippen molar-refractivity contribution in [2.45, 2.75) is 6.92 Å². The summed E-state index contributed by atoms with van der Waals surface area (Å²) in [5.41, 5.74) is 11.5. The number of fused-ring (bicyclic) bond motifs is 3.